The summed E-state index contributed by atoms with van der Waals surface area (Å²) in [5, 5.41) is 2.75. The Morgan fingerprint density at radius 2 is 1.71 bits per heavy atom. The third kappa shape index (κ3) is 5.08. The van der Waals surface area contributed by atoms with Gasteiger partial charge in [-0.3, -0.25) is 14.1 Å². The van der Waals surface area contributed by atoms with E-state index in [2.05, 4.69) is 32.9 Å². The minimum atomic E-state index is -3.89. The van der Waals surface area contributed by atoms with Gasteiger partial charge in [-0.05, 0) is 70.6 Å². The first-order chi connectivity index (χ1) is 13.5. The quantitative estimate of drug-likeness (QED) is 0.499. The van der Waals surface area contributed by atoms with Gasteiger partial charge < -0.3 is 5.32 Å². The molecule has 0 aliphatic rings. The number of hydrogen-bond donors (Lipinski definition) is 1. The molecule has 0 bridgehead atoms. The van der Waals surface area contributed by atoms with E-state index >= 15 is 0 Å². The standard InChI is InChI=1S/C20H18IN3O3S/c21-17-8-10-18(11-9-17)24(28(26,27)19-6-2-1-3-7-19)15-20(25)23-14-16-5-4-12-22-13-16/h1-13H,14-15H2,(H,23,25). The summed E-state index contributed by atoms with van der Waals surface area (Å²) in [5.74, 6) is -0.401. The number of nitrogens with one attached hydrogen (secondary N) is 1. The monoisotopic (exact) mass is 507 g/mol. The molecule has 28 heavy (non-hydrogen) atoms. The first-order valence-corrected chi connectivity index (χ1v) is 11.0. The fourth-order valence-corrected chi connectivity index (χ4v) is 4.33. The summed E-state index contributed by atoms with van der Waals surface area (Å²) < 4.78 is 28.4. The highest BCUT2D eigenvalue weighted by Gasteiger charge is 2.27. The number of amides is 1. The summed E-state index contributed by atoms with van der Waals surface area (Å²) in [6.45, 7) is -0.0450. The van der Waals surface area contributed by atoms with E-state index in [1.807, 2.05) is 6.07 Å². The molecule has 1 amide bonds. The number of sulfonamides is 1. The Labute approximate surface area is 177 Å². The lowest BCUT2D eigenvalue weighted by atomic mass is 10.3. The van der Waals surface area contributed by atoms with Crippen LogP contribution in [0.5, 0.6) is 0 Å². The SMILES string of the molecule is O=C(CN(c1ccc(I)cc1)S(=O)(=O)c1ccccc1)NCc1cccnc1. The maximum atomic E-state index is 13.2. The number of pyridine rings is 1. The van der Waals surface area contributed by atoms with Crippen LogP contribution in [0, 0.1) is 3.57 Å². The molecule has 0 unspecified atom stereocenters. The van der Waals surface area contributed by atoms with Crippen LogP contribution in [0.15, 0.2) is 84.0 Å². The number of aromatic nitrogens is 1. The Kier molecular flexibility index (Phi) is 6.63. The molecule has 1 N–H and O–H groups in total. The third-order valence-corrected chi connectivity index (χ3v) is 6.45. The minimum absolute atomic E-state index is 0.133. The molecule has 2 aromatic carbocycles. The van der Waals surface area contributed by atoms with E-state index in [-0.39, 0.29) is 18.0 Å². The second-order valence-electron chi connectivity index (χ2n) is 5.94. The molecule has 0 atom stereocenters. The van der Waals surface area contributed by atoms with Crippen molar-refractivity contribution in [3.05, 3.63) is 88.3 Å². The largest absolute Gasteiger partial charge is 0.350 e. The van der Waals surface area contributed by atoms with Crippen molar-refractivity contribution in [2.45, 2.75) is 11.4 Å². The topological polar surface area (TPSA) is 79.4 Å². The molecule has 6 nitrogen and oxygen atoms in total. The normalized spacial score (nSPS) is 11.0. The first kappa shape index (κ1) is 20.3. The van der Waals surface area contributed by atoms with Crippen LogP contribution in [0.3, 0.4) is 0 Å². The number of benzene rings is 2. The van der Waals surface area contributed by atoms with Gasteiger partial charge in [0.25, 0.3) is 10.0 Å². The number of halogens is 1. The molecular weight excluding hydrogens is 489 g/mol. The number of nitrogens with zero attached hydrogens (tertiary/aromatic N) is 2. The van der Waals surface area contributed by atoms with Gasteiger partial charge in [0.05, 0.1) is 10.6 Å². The number of anilines is 1. The molecule has 0 spiro atoms. The van der Waals surface area contributed by atoms with Crippen LogP contribution >= 0.6 is 22.6 Å². The molecule has 1 heterocycles. The van der Waals surface area contributed by atoms with Crippen LogP contribution in [0.1, 0.15) is 5.56 Å². The zero-order valence-electron chi connectivity index (χ0n) is 14.8. The zero-order chi connectivity index (χ0) is 20.0. The van der Waals surface area contributed by atoms with Crippen molar-refractivity contribution < 1.29 is 13.2 Å². The second kappa shape index (κ2) is 9.16. The van der Waals surface area contributed by atoms with Crippen molar-refractivity contribution in [1.82, 2.24) is 10.3 Å². The lowest BCUT2D eigenvalue weighted by Gasteiger charge is -2.24. The van der Waals surface area contributed by atoms with Crippen molar-refractivity contribution in [2.75, 3.05) is 10.8 Å². The van der Waals surface area contributed by atoms with Gasteiger partial charge in [0.2, 0.25) is 5.91 Å². The molecule has 0 saturated carbocycles. The van der Waals surface area contributed by atoms with Gasteiger partial charge in [0.15, 0.2) is 0 Å². The Hall–Kier alpha value is -2.46. The van der Waals surface area contributed by atoms with Crippen molar-refractivity contribution in [3.63, 3.8) is 0 Å². The van der Waals surface area contributed by atoms with Crippen molar-refractivity contribution >= 4 is 44.2 Å². The van der Waals surface area contributed by atoms with E-state index in [9.17, 15) is 13.2 Å². The van der Waals surface area contributed by atoms with E-state index in [1.54, 1.807) is 60.9 Å². The van der Waals surface area contributed by atoms with Crippen LogP contribution in [-0.4, -0.2) is 25.9 Å². The molecule has 3 aromatic rings. The lowest BCUT2D eigenvalue weighted by molar-refractivity contribution is -0.119. The molecule has 3 rings (SSSR count). The van der Waals surface area contributed by atoms with Crippen LogP contribution in [0.4, 0.5) is 5.69 Å². The average molecular weight is 507 g/mol. The van der Waals surface area contributed by atoms with Crippen molar-refractivity contribution in [3.8, 4) is 0 Å². The first-order valence-electron chi connectivity index (χ1n) is 8.46. The number of carbonyl (C=O) groups excluding carboxylic acids is 1. The number of hydrogen-bond acceptors (Lipinski definition) is 4. The molecule has 1 aromatic heterocycles. The molecule has 0 saturated heterocycles. The van der Waals surface area contributed by atoms with Crippen LogP contribution < -0.4 is 9.62 Å². The molecular formula is C20H18IN3O3S. The smallest absolute Gasteiger partial charge is 0.264 e. The van der Waals surface area contributed by atoms with E-state index in [0.29, 0.717) is 5.69 Å². The molecule has 0 aliphatic heterocycles. The van der Waals surface area contributed by atoms with Gasteiger partial charge in [-0.25, -0.2) is 8.42 Å². The molecule has 0 aliphatic carbocycles. The van der Waals surface area contributed by atoms with Crippen LogP contribution in [0.25, 0.3) is 0 Å². The highest BCUT2D eigenvalue weighted by molar-refractivity contribution is 14.1. The Morgan fingerprint density at radius 3 is 2.36 bits per heavy atom. The Bertz CT molecular complexity index is 1030. The van der Waals surface area contributed by atoms with Gasteiger partial charge >= 0.3 is 0 Å². The third-order valence-electron chi connectivity index (χ3n) is 3.95. The van der Waals surface area contributed by atoms with E-state index in [4.69, 9.17) is 0 Å². The molecule has 0 fully saturated rings. The Morgan fingerprint density at radius 1 is 1.00 bits per heavy atom. The summed E-state index contributed by atoms with van der Waals surface area (Å²) >= 11 is 2.14. The highest BCUT2D eigenvalue weighted by Crippen LogP contribution is 2.24. The summed E-state index contributed by atoms with van der Waals surface area (Å²) in [6, 6.07) is 18.7. The zero-order valence-corrected chi connectivity index (χ0v) is 17.8. The predicted octanol–water partition coefficient (Wildman–Crippen LogP) is 3.20. The van der Waals surface area contributed by atoms with Gasteiger partial charge in [-0.2, -0.15) is 0 Å². The van der Waals surface area contributed by atoms with E-state index in [0.717, 1.165) is 13.4 Å². The molecule has 8 heteroatoms. The minimum Gasteiger partial charge on any atom is -0.350 e. The average Bonchev–Trinajstić information content (AvgIpc) is 2.72. The van der Waals surface area contributed by atoms with Crippen molar-refractivity contribution in [2.24, 2.45) is 0 Å². The van der Waals surface area contributed by atoms with E-state index in [1.165, 1.54) is 12.1 Å². The number of carbonyl (C=O) groups is 1. The van der Waals surface area contributed by atoms with Crippen LogP contribution in [0.2, 0.25) is 0 Å². The van der Waals surface area contributed by atoms with Gasteiger partial charge in [-0.1, -0.05) is 24.3 Å². The predicted molar refractivity (Wildman–Crippen MR) is 116 cm³/mol. The van der Waals surface area contributed by atoms with Gasteiger partial charge in [-0.15, -0.1) is 0 Å². The molecule has 144 valence electrons. The van der Waals surface area contributed by atoms with Crippen LogP contribution in [-0.2, 0) is 21.4 Å². The second-order valence-corrected chi connectivity index (χ2v) is 9.05. The van der Waals surface area contributed by atoms with Gasteiger partial charge in [0.1, 0.15) is 6.54 Å². The summed E-state index contributed by atoms with van der Waals surface area (Å²) in [7, 11) is -3.89. The fraction of sp³-hybridized carbons (Fsp3) is 0.100. The van der Waals surface area contributed by atoms with Gasteiger partial charge in [0, 0.05) is 22.5 Å². The van der Waals surface area contributed by atoms with E-state index < -0.39 is 15.9 Å². The summed E-state index contributed by atoms with van der Waals surface area (Å²) in [5.41, 5.74) is 1.27. The maximum Gasteiger partial charge on any atom is 0.264 e. The van der Waals surface area contributed by atoms with Crippen molar-refractivity contribution in [1.29, 1.82) is 0 Å². The highest BCUT2D eigenvalue weighted by atomic mass is 127. The Balaban J connectivity index is 1.84. The maximum absolute atomic E-state index is 13.2. The summed E-state index contributed by atoms with van der Waals surface area (Å²) in [6.07, 6.45) is 3.30. The summed E-state index contributed by atoms with van der Waals surface area (Å²) in [4.78, 5) is 16.6. The molecule has 0 radical (unpaired) electrons. The number of rotatable bonds is 7. The fourth-order valence-electron chi connectivity index (χ4n) is 2.53. The lowest BCUT2D eigenvalue weighted by Crippen LogP contribution is -2.40.